The second-order valence-corrected chi connectivity index (χ2v) is 8.76. The maximum absolute atomic E-state index is 13.0. The Morgan fingerprint density at radius 3 is 2.38 bits per heavy atom. The van der Waals surface area contributed by atoms with Crippen LogP contribution in [-0.4, -0.2) is 24.4 Å². The number of carbonyl (C=O) groups is 3. The van der Waals surface area contributed by atoms with Gasteiger partial charge in [0.15, 0.2) is 0 Å². The normalized spacial score (nSPS) is 10.5. The summed E-state index contributed by atoms with van der Waals surface area (Å²) in [7, 11) is 0. The standard InChI is InChI=1S/C22H17Cl3N2O4S/c1-3-31-22(30)17-11(2)18(20(29)26-16-10-12(23)8-9-15(16)25)32-21(17)27-19(28)13-6-4-5-7-14(13)24/h4-10H,3H2,1-2H3,(H,26,29)(H,27,28). The molecule has 0 bridgehead atoms. The highest BCUT2D eigenvalue weighted by Crippen LogP contribution is 2.36. The van der Waals surface area contributed by atoms with Gasteiger partial charge in [0.05, 0.1) is 38.3 Å². The van der Waals surface area contributed by atoms with Crippen molar-refractivity contribution in [1.29, 1.82) is 0 Å². The van der Waals surface area contributed by atoms with Crippen LogP contribution in [0.15, 0.2) is 42.5 Å². The minimum absolute atomic E-state index is 0.0968. The predicted octanol–water partition coefficient (Wildman–Crippen LogP) is 6.70. The molecule has 0 aliphatic rings. The van der Waals surface area contributed by atoms with Gasteiger partial charge in [0, 0.05) is 5.02 Å². The number of rotatable bonds is 6. The Bertz CT molecular complexity index is 1210. The molecule has 0 saturated carbocycles. The van der Waals surface area contributed by atoms with Crippen molar-refractivity contribution in [1.82, 2.24) is 0 Å². The van der Waals surface area contributed by atoms with Gasteiger partial charge < -0.3 is 15.4 Å². The van der Waals surface area contributed by atoms with Gasteiger partial charge in [0.25, 0.3) is 11.8 Å². The zero-order chi connectivity index (χ0) is 23.4. The van der Waals surface area contributed by atoms with Crippen LogP contribution in [0.3, 0.4) is 0 Å². The summed E-state index contributed by atoms with van der Waals surface area (Å²) in [6.45, 7) is 3.39. The molecule has 2 amide bonds. The molecule has 3 aromatic rings. The van der Waals surface area contributed by atoms with Crippen LogP contribution >= 0.6 is 46.1 Å². The van der Waals surface area contributed by atoms with Crippen molar-refractivity contribution < 1.29 is 19.1 Å². The number of thiophene rings is 1. The first-order chi connectivity index (χ1) is 15.2. The van der Waals surface area contributed by atoms with E-state index in [2.05, 4.69) is 10.6 Å². The topological polar surface area (TPSA) is 84.5 Å². The monoisotopic (exact) mass is 510 g/mol. The van der Waals surface area contributed by atoms with E-state index >= 15 is 0 Å². The van der Waals surface area contributed by atoms with Crippen LogP contribution in [0.4, 0.5) is 10.7 Å². The molecule has 0 saturated heterocycles. The summed E-state index contributed by atoms with van der Waals surface area (Å²) in [6, 6.07) is 11.2. The van der Waals surface area contributed by atoms with Crippen LogP contribution in [0.5, 0.6) is 0 Å². The van der Waals surface area contributed by atoms with Gasteiger partial charge in [-0.1, -0.05) is 46.9 Å². The fourth-order valence-corrected chi connectivity index (χ4v) is 4.50. The molecule has 1 aromatic heterocycles. The Morgan fingerprint density at radius 2 is 1.69 bits per heavy atom. The second-order valence-electron chi connectivity index (χ2n) is 6.49. The molecular formula is C22H17Cl3N2O4S. The van der Waals surface area contributed by atoms with Crippen molar-refractivity contribution in [2.75, 3.05) is 17.2 Å². The summed E-state index contributed by atoms with van der Waals surface area (Å²) in [5, 5.41) is 6.48. The molecule has 0 fully saturated rings. The number of hydrogen-bond donors (Lipinski definition) is 2. The fourth-order valence-electron chi connectivity index (χ4n) is 2.86. The van der Waals surface area contributed by atoms with E-state index in [4.69, 9.17) is 39.5 Å². The number of hydrogen-bond acceptors (Lipinski definition) is 5. The van der Waals surface area contributed by atoms with Crippen molar-refractivity contribution in [2.45, 2.75) is 13.8 Å². The summed E-state index contributed by atoms with van der Waals surface area (Å²) in [5.41, 5.74) is 1.00. The zero-order valence-electron chi connectivity index (χ0n) is 16.9. The first-order valence-corrected chi connectivity index (χ1v) is 11.3. The average molecular weight is 512 g/mol. The van der Waals surface area contributed by atoms with Gasteiger partial charge in [-0.2, -0.15) is 0 Å². The van der Waals surface area contributed by atoms with E-state index in [1.807, 2.05) is 0 Å². The number of halogens is 3. The number of benzene rings is 2. The molecule has 3 rings (SSSR count). The number of carbonyl (C=O) groups excluding carboxylic acids is 3. The third-order valence-electron chi connectivity index (χ3n) is 4.35. The van der Waals surface area contributed by atoms with Gasteiger partial charge >= 0.3 is 5.97 Å². The van der Waals surface area contributed by atoms with Gasteiger partial charge in [-0.05, 0) is 49.7 Å². The summed E-state index contributed by atoms with van der Waals surface area (Å²) in [5.74, 6) is -1.69. The zero-order valence-corrected chi connectivity index (χ0v) is 20.0. The highest BCUT2D eigenvalue weighted by Gasteiger charge is 2.27. The lowest BCUT2D eigenvalue weighted by atomic mass is 10.1. The van der Waals surface area contributed by atoms with Gasteiger partial charge in [-0.15, -0.1) is 11.3 Å². The molecule has 2 aromatic carbocycles. The fraction of sp³-hybridized carbons (Fsp3) is 0.136. The van der Waals surface area contributed by atoms with Gasteiger partial charge in [0.1, 0.15) is 5.00 Å². The molecule has 32 heavy (non-hydrogen) atoms. The van der Waals surface area contributed by atoms with Gasteiger partial charge in [-0.3, -0.25) is 9.59 Å². The Hall–Kier alpha value is -2.58. The number of amides is 2. The number of anilines is 2. The van der Waals surface area contributed by atoms with Crippen LogP contribution in [0.1, 0.15) is 42.9 Å². The summed E-state index contributed by atoms with van der Waals surface area (Å²) in [4.78, 5) is 38.5. The van der Waals surface area contributed by atoms with E-state index in [9.17, 15) is 14.4 Å². The lowest BCUT2D eigenvalue weighted by Crippen LogP contribution is -2.15. The van der Waals surface area contributed by atoms with Crippen LogP contribution in [0, 0.1) is 6.92 Å². The maximum atomic E-state index is 13.0. The van der Waals surface area contributed by atoms with E-state index < -0.39 is 17.8 Å². The van der Waals surface area contributed by atoms with Gasteiger partial charge in [-0.25, -0.2) is 4.79 Å². The third-order valence-corrected chi connectivity index (χ3v) is 6.46. The SMILES string of the molecule is CCOC(=O)c1c(NC(=O)c2ccccc2Cl)sc(C(=O)Nc2cc(Cl)ccc2Cl)c1C. The third kappa shape index (κ3) is 5.24. The molecule has 0 atom stereocenters. The quantitative estimate of drug-likeness (QED) is 0.361. The van der Waals surface area contributed by atoms with Crippen molar-refractivity contribution in [3.63, 3.8) is 0 Å². The van der Waals surface area contributed by atoms with E-state index in [-0.39, 0.29) is 32.6 Å². The van der Waals surface area contributed by atoms with E-state index in [0.29, 0.717) is 21.3 Å². The van der Waals surface area contributed by atoms with E-state index in [1.165, 1.54) is 6.07 Å². The molecule has 1 heterocycles. The number of esters is 1. The molecule has 6 nitrogen and oxygen atoms in total. The molecule has 0 radical (unpaired) electrons. The number of nitrogens with one attached hydrogen (secondary N) is 2. The Kier molecular flexibility index (Phi) is 7.79. The Labute approximate surface area is 203 Å². The molecular weight excluding hydrogens is 495 g/mol. The maximum Gasteiger partial charge on any atom is 0.341 e. The first kappa shape index (κ1) is 24.1. The van der Waals surface area contributed by atoms with Crippen LogP contribution < -0.4 is 10.6 Å². The molecule has 10 heteroatoms. The first-order valence-electron chi connectivity index (χ1n) is 9.35. The smallest absolute Gasteiger partial charge is 0.341 e. The van der Waals surface area contributed by atoms with Crippen molar-refractivity contribution >= 4 is 74.6 Å². The predicted molar refractivity (Wildman–Crippen MR) is 129 cm³/mol. The van der Waals surface area contributed by atoms with Gasteiger partial charge in [0.2, 0.25) is 0 Å². The summed E-state index contributed by atoms with van der Waals surface area (Å²) < 4.78 is 5.13. The highest BCUT2D eigenvalue weighted by atomic mass is 35.5. The molecule has 0 aliphatic heterocycles. The van der Waals surface area contributed by atoms with Crippen LogP contribution in [0.2, 0.25) is 15.1 Å². The van der Waals surface area contributed by atoms with Crippen molar-refractivity contribution in [3.05, 3.63) is 79.1 Å². The number of ether oxygens (including phenoxy) is 1. The molecule has 0 spiro atoms. The van der Waals surface area contributed by atoms with E-state index in [0.717, 1.165) is 11.3 Å². The summed E-state index contributed by atoms with van der Waals surface area (Å²) >= 11 is 19.2. The average Bonchev–Trinajstić information content (AvgIpc) is 3.07. The minimum atomic E-state index is -0.657. The molecule has 0 unspecified atom stereocenters. The largest absolute Gasteiger partial charge is 0.462 e. The second kappa shape index (κ2) is 10.4. The lowest BCUT2D eigenvalue weighted by molar-refractivity contribution is 0.0527. The summed E-state index contributed by atoms with van der Waals surface area (Å²) in [6.07, 6.45) is 0. The highest BCUT2D eigenvalue weighted by molar-refractivity contribution is 7.19. The van der Waals surface area contributed by atoms with Crippen LogP contribution in [-0.2, 0) is 4.74 Å². The van der Waals surface area contributed by atoms with Crippen molar-refractivity contribution in [3.8, 4) is 0 Å². The molecule has 0 aliphatic carbocycles. The Morgan fingerprint density at radius 1 is 0.969 bits per heavy atom. The van der Waals surface area contributed by atoms with E-state index in [1.54, 1.807) is 50.2 Å². The minimum Gasteiger partial charge on any atom is -0.462 e. The molecule has 166 valence electrons. The molecule has 2 N–H and O–H groups in total. The van der Waals surface area contributed by atoms with Crippen molar-refractivity contribution in [2.24, 2.45) is 0 Å². The lowest BCUT2D eigenvalue weighted by Gasteiger charge is -2.08. The van der Waals surface area contributed by atoms with Crippen LogP contribution in [0.25, 0.3) is 0 Å². The Balaban J connectivity index is 1.98.